The third-order valence-electron chi connectivity index (χ3n) is 3.16. The van der Waals surface area contributed by atoms with Gasteiger partial charge in [0.1, 0.15) is 0 Å². The second kappa shape index (κ2) is 6.53. The van der Waals surface area contributed by atoms with E-state index in [-0.39, 0.29) is 0 Å². The van der Waals surface area contributed by atoms with Gasteiger partial charge < -0.3 is 4.90 Å². The van der Waals surface area contributed by atoms with Gasteiger partial charge in [-0.1, -0.05) is 13.8 Å². The number of carbonyl (C=O) groups is 1. The Bertz CT molecular complexity index is 220. The van der Waals surface area contributed by atoms with Gasteiger partial charge in [-0.05, 0) is 44.8 Å². The van der Waals surface area contributed by atoms with E-state index >= 15 is 0 Å². The van der Waals surface area contributed by atoms with E-state index in [4.69, 9.17) is 0 Å². The van der Waals surface area contributed by atoms with Crippen molar-refractivity contribution in [3.05, 3.63) is 0 Å². The fourth-order valence-electron chi connectivity index (χ4n) is 2.37. The van der Waals surface area contributed by atoms with E-state index in [0.717, 1.165) is 5.75 Å². The molecule has 0 aliphatic carbocycles. The summed E-state index contributed by atoms with van der Waals surface area (Å²) in [7, 11) is 0. The summed E-state index contributed by atoms with van der Waals surface area (Å²) in [6.45, 7) is 8.76. The SMILES string of the molecule is CC(C)CSCC(=O)N1C(C)CCCC1C. The number of carbonyl (C=O) groups excluding carboxylic acids is 1. The first-order valence-corrected chi connectivity index (χ1v) is 7.56. The number of piperidine rings is 1. The van der Waals surface area contributed by atoms with Crippen LogP contribution in [0.1, 0.15) is 47.0 Å². The first-order valence-electron chi connectivity index (χ1n) is 6.41. The van der Waals surface area contributed by atoms with Gasteiger partial charge in [0.25, 0.3) is 0 Å². The fraction of sp³-hybridized carbons (Fsp3) is 0.923. The van der Waals surface area contributed by atoms with Gasteiger partial charge >= 0.3 is 0 Å². The van der Waals surface area contributed by atoms with Gasteiger partial charge in [-0.2, -0.15) is 11.8 Å². The van der Waals surface area contributed by atoms with Crippen LogP contribution in [0.25, 0.3) is 0 Å². The normalized spacial score (nSPS) is 26.2. The van der Waals surface area contributed by atoms with Crippen LogP contribution in [0.4, 0.5) is 0 Å². The zero-order chi connectivity index (χ0) is 12.1. The lowest BCUT2D eigenvalue weighted by molar-refractivity contribution is -0.134. The van der Waals surface area contributed by atoms with Crippen LogP contribution in [0.2, 0.25) is 0 Å². The molecule has 1 rings (SSSR count). The van der Waals surface area contributed by atoms with Crippen LogP contribution >= 0.6 is 11.8 Å². The fourth-order valence-corrected chi connectivity index (χ4v) is 3.28. The molecule has 0 saturated carbocycles. The number of likely N-dealkylation sites (tertiary alicyclic amines) is 1. The molecule has 1 amide bonds. The minimum Gasteiger partial charge on any atom is -0.337 e. The summed E-state index contributed by atoms with van der Waals surface area (Å²) in [6, 6.07) is 0.881. The average Bonchev–Trinajstić information content (AvgIpc) is 2.16. The van der Waals surface area contributed by atoms with E-state index in [1.807, 2.05) is 0 Å². The summed E-state index contributed by atoms with van der Waals surface area (Å²) < 4.78 is 0. The van der Waals surface area contributed by atoms with E-state index in [1.54, 1.807) is 11.8 Å². The Morgan fingerprint density at radius 2 is 1.88 bits per heavy atom. The molecule has 1 aliphatic rings. The number of nitrogens with zero attached hydrogens (tertiary/aromatic N) is 1. The summed E-state index contributed by atoms with van der Waals surface area (Å²) in [5, 5.41) is 0. The van der Waals surface area contributed by atoms with Crippen molar-refractivity contribution in [1.82, 2.24) is 4.90 Å². The molecule has 0 aromatic rings. The predicted octanol–water partition coefficient (Wildman–Crippen LogP) is 3.17. The van der Waals surface area contributed by atoms with E-state index in [2.05, 4.69) is 32.6 Å². The van der Waals surface area contributed by atoms with E-state index in [0.29, 0.717) is 29.7 Å². The molecule has 16 heavy (non-hydrogen) atoms. The van der Waals surface area contributed by atoms with Gasteiger partial charge in [-0.3, -0.25) is 4.79 Å². The molecular formula is C13H25NOS. The minimum atomic E-state index is 0.338. The lowest BCUT2D eigenvalue weighted by atomic mass is 9.98. The van der Waals surface area contributed by atoms with Crippen molar-refractivity contribution >= 4 is 17.7 Å². The maximum Gasteiger partial charge on any atom is 0.233 e. The van der Waals surface area contributed by atoms with Crippen LogP contribution in [0.3, 0.4) is 0 Å². The van der Waals surface area contributed by atoms with Crippen LogP contribution < -0.4 is 0 Å². The van der Waals surface area contributed by atoms with E-state index in [9.17, 15) is 4.79 Å². The Kier molecular flexibility index (Phi) is 5.67. The van der Waals surface area contributed by atoms with Crippen molar-refractivity contribution in [2.45, 2.75) is 59.0 Å². The highest BCUT2D eigenvalue weighted by Crippen LogP contribution is 2.23. The molecule has 1 heterocycles. The third kappa shape index (κ3) is 4.00. The molecule has 94 valence electrons. The smallest absolute Gasteiger partial charge is 0.233 e. The standard InChI is InChI=1S/C13H25NOS/c1-10(2)8-16-9-13(15)14-11(3)6-5-7-12(14)4/h10-12H,5-9H2,1-4H3. The zero-order valence-electron chi connectivity index (χ0n) is 11.0. The molecule has 0 aromatic carbocycles. The number of amides is 1. The van der Waals surface area contributed by atoms with Crippen molar-refractivity contribution in [1.29, 1.82) is 0 Å². The van der Waals surface area contributed by atoms with Gasteiger partial charge in [-0.15, -0.1) is 0 Å². The average molecular weight is 243 g/mol. The molecular weight excluding hydrogens is 218 g/mol. The molecule has 1 saturated heterocycles. The molecule has 0 bridgehead atoms. The molecule has 0 N–H and O–H groups in total. The highest BCUT2D eigenvalue weighted by atomic mass is 32.2. The molecule has 1 aliphatic heterocycles. The quantitative estimate of drug-likeness (QED) is 0.756. The summed E-state index contributed by atoms with van der Waals surface area (Å²) in [5.41, 5.74) is 0. The lowest BCUT2D eigenvalue weighted by Gasteiger charge is -2.39. The largest absolute Gasteiger partial charge is 0.337 e. The molecule has 3 heteroatoms. The first kappa shape index (κ1) is 13.9. The molecule has 2 unspecified atom stereocenters. The molecule has 0 aromatic heterocycles. The van der Waals surface area contributed by atoms with Crippen molar-refractivity contribution in [3.63, 3.8) is 0 Å². The van der Waals surface area contributed by atoms with Gasteiger partial charge in [0.15, 0.2) is 0 Å². The Labute approximate surface area is 104 Å². The first-order chi connectivity index (χ1) is 7.52. The van der Waals surface area contributed by atoms with E-state index < -0.39 is 0 Å². The Morgan fingerprint density at radius 1 is 1.31 bits per heavy atom. The Hall–Kier alpha value is -0.180. The maximum absolute atomic E-state index is 12.1. The Balaban J connectivity index is 2.39. The topological polar surface area (TPSA) is 20.3 Å². The minimum absolute atomic E-state index is 0.338. The summed E-state index contributed by atoms with van der Waals surface area (Å²) in [5.74, 6) is 2.76. The predicted molar refractivity (Wildman–Crippen MR) is 71.8 cm³/mol. The monoisotopic (exact) mass is 243 g/mol. The van der Waals surface area contributed by atoms with Crippen molar-refractivity contribution in [2.24, 2.45) is 5.92 Å². The van der Waals surface area contributed by atoms with Crippen molar-refractivity contribution in [3.8, 4) is 0 Å². The number of hydrogen-bond donors (Lipinski definition) is 0. The highest BCUT2D eigenvalue weighted by Gasteiger charge is 2.28. The zero-order valence-corrected chi connectivity index (χ0v) is 11.8. The number of rotatable bonds is 4. The van der Waals surface area contributed by atoms with Gasteiger partial charge in [0.2, 0.25) is 5.91 Å². The van der Waals surface area contributed by atoms with Gasteiger partial charge in [0, 0.05) is 12.1 Å². The van der Waals surface area contributed by atoms with Crippen LogP contribution in [0.15, 0.2) is 0 Å². The highest BCUT2D eigenvalue weighted by molar-refractivity contribution is 7.99. The summed E-state index contributed by atoms with van der Waals surface area (Å²) in [4.78, 5) is 14.2. The van der Waals surface area contributed by atoms with E-state index in [1.165, 1.54) is 19.3 Å². The molecule has 2 nitrogen and oxygen atoms in total. The maximum atomic E-state index is 12.1. The molecule has 2 atom stereocenters. The third-order valence-corrected chi connectivity index (χ3v) is 4.51. The number of hydrogen-bond acceptors (Lipinski definition) is 2. The van der Waals surface area contributed by atoms with Gasteiger partial charge in [0.05, 0.1) is 5.75 Å². The van der Waals surface area contributed by atoms with Crippen LogP contribution in [-0.2, 0) is 4.79 Å². The summed E-state index contributed by atoms with van der Waals surface area (Å²) >= 11 is 1.78. The Morgan fingerprint density at radius 3 is 2.38 bits per heavy atom. The summed E-state index contributed by atoms with van der Waals surface area (Å²) in [6.07, 6.45) is 3.61. The number of thioether (sulfide) groups is 1. The molecule has 0 spiro atoms. The van der Waals surface area contributed by atoms with Crippen molar-refractivity contribution < 1.29 is 4.79 Å². The molecule has 1 fully saturated rings. The van der Waals surface area contributed by atoms with Crippen molar-refractivity contribution in [2.75, 3.05) is 11.5 Å². The lowest BCUT2D eigenvalue weighted by Crippen LogP contribution is -2.48. The second-order valence-electron chi connectivity index (χ2n) is 5.34. The molecule has 0 radical (unpaired) electrons. The van der Waals surface area contributed by atoms with Crippen LogP contribution in [-0.4, -0.2) is 34.4 Å². The van der Waals surface area contributed by atoms with Gasteiger partial charge in [-0.25, -0.2) is 0 Å². The van der Waals surface area contributed by atoms with Crippen LogP contribution in [0.5, 0.6) is 0 Å². The second-order valence-corrected chi connectivity index (χ2v) is 6.37. The van der Waals surface area contributed by atoms with Crippen LogP contribution in [0, 0.1) is 5.92 Å².